The molecule has 0 bridgehead atoms. The van der Waals surface area contributed by atoms with Gasteiger partial charge in [-0.25, -0.2) is 13.8 Å². The number of nitrogen functional groups attached to an aromatic ring is 1. The SMILES string of the molecule is Cc1c(N)ncc(C(=O)Cl)c1C(F)F. The van der Waals surface area contributed by atoms with Crippen LogP contribution in [0.5, 0.6) is 0 Å². The van der Waals surface area contributed by atoms with Crippen molar-refractivity contribution in [3.8, 4) is 0 Å². The minimum atomic E-state index is -2.79. The molecule has 0 saturated carbocycles. The maximum atomic E-state index is 12.5. The summed E-state index contributed by atoms with van der Waals surface area (Å²) in [5, 5.41) is -0.962. The van der Waals surface area contributed by atoms with Gasteiger partial charge in [0.2, 0.25) is 0 Å². The van der Waals surface area contributed by atoms with Crippen LogP contribution < -0.4 is 5.73 Å². The minimum Gasteiger partial charge on any atom is -0.383 e. The molecule has 1 heterocycles. The van der Waals surface area contributed by atoms with Crippen LogP contribution in [0.25, 0.3) is 0 Å². The first kappa shape index (κ1) is 10.8. The molecule has 6 heteroatoms. The van der Waals surface area contributed by atoms with Gasteiger partial charge in [-0.05, 0) is 18.5 Å². The van der Waals surface area contributed by atoms with Crippen molar-refractivity contribution in [3.05, 3.63) is 22.9 Å². The molecule has 0 saturated heterocycles. The molecule has 1 rings (SSSR count). The van der Waals surface area contributed by atoms with E-state index in [2.05, 4.69) is 4.98 Å². The van der Waals surface area contributed by atoms with E-state index < -0.39 is 17.2 Å². The van der Waals surface area contributed by atoms with Gasteiger partial charge in [0.25, 0.3) is 11.7 Å². The first-order valence-corrected chi connectivity index (χ1v) is 4.06. The van der Waals surface area contributed by atoms with E-state index in [-0.39, 0.29) is 16.9 Å². The van der Waals surface area contributed by atoms with Gasteiger partial charge in [0, 0.05) is 17.3 Å². The lowest BCUT2D eigenvalue weighted by atomic mass is 10.1. The van der Waals surface area contributed by atoms with Crippen LogP contribution in [0.2, 0.25) is 0 Å². The number of anilines is 1. The number of carbonyl (C=O) groups excluding carboxylic acids is 1. The van der Waals surface area contributed by atoms with Crippen molar-refractivity contribution < 1.29 is 13.6 Å². The lowest BCUT2D eigenvalue weighted by molar-refractivity contribution is 0.106. The summed E-state index contributed by atoms with van der Waals surface area (Å²) >= 11 is 5.12. The van der Waals surface area contributed by atoms with Gasteiger partial charge in [-0.1, -0.05) is 0 Å². The van der Waals surface area contributed by atoms with Crippen molar-refractivity contribution in [2.45, 2.75) is 13.3 Å². The maximum Gasteiger partial charge on any atom is 0.265 e. The van der Waals surface area contributed by atoms with E-state index in [9.17, 15) is 13.6 Å². The molecule has 3 nitrogen and oxygen atoms in total. The summed E-state index contributed by atoms with van der Waals surface area (Å²) in [4.78, 5) is 14.4. The summed E-state index contributed by atoms with van der Waals surface area (Å²) < 4.78 is 25.1. The van der Waals surface area contributed by atoms with E-state index in [1.807, 2.05) is 0 Å². The summed E-state index contributed by atoms with van der Waals surface area (Å²) in [6.07, 6.45) is -1.84. The van der Waals surface area contributed by atoms with Crippen LogP contribution in [-0.2, 0) is 0 Å². The van der Waals surface area contributed by atoms with E-state index in [0.29, 0.717) is 0 Å². The quantitative estimate of drug-likeness (QED) is 0.778. The van der Waals surface area contributed by atoms with Gasteiger partial charge in [-0.3, -0.25) is 4.79 Å². The fourth-order valence-corrected chi connectivity index (χ4v) is 1.23. The first-order valence-electron chi connectivity index (χ1n) is 3.68. The Morgan fingerprint density at radius 2 is 2.21 bits per heavy atom. The predicted octanol–water partition coefficient (Wildman–Crippen LogP) is 2.29. The zero-order valence-electron chi connectivity index (χ0n) is 7.22. The van der Waals surface area contributed by atoms with Crippen molar-refractivity contribution in [1.29, 1.82) is 0 Å². The molecule has 0 aliphatic heterocycles. The highest BCUT2D eigenvalue weighted by atomic mass is 35.5. The molecule has 0 amide bonds. The van der Waals surface area contributed by atoms with E-state index in [1.54, 1.807) is 0 Å². The molecule has 0 fully saturated rings. The number of carbonyl (C=O) groups is 1. The van der Waals surface area contributed by atoms with Crippen LogP contribution in [0.4, 0.5) is 14.6 Å². The Labute approximate surface area is 83.9 Å². The molecule has 2 N–H and O–H groups in total. The number of hydrogen-bond donors (Lipinski definition) is 1. The first-order chi connectivity index (χ1) is 6.45. The average molecular weight is 221 g/mol. The van der Waals surface area contributed by atoms with Crippen molar-refractivity contribution in [2.75, 3.05) is 5.73 Å². The molecule has 0 atom stereocenters. The highest BCUT2D eigenvalue weighted by Crippen LogP contribution is 2.29. The van der Waals surface area contributed by atoms with Crippen LogP contribution in [0, 0.1) is 6.92 Å². The third-order valence-corrected chi connectivity index (χ3v) is 2.04. The topological polar surface area (TPSA) is 56.0 Å². The fourth-order valence-electron chi connectivity index (χ4n) is 1.08. The summed E-state index contributed by atoms with van der Waals surface area (Å²) in [5.41, 5.74) is 4.67. The smallest absolute Gasteiger partial charge is 0.265 e. The second kappa shape index (κ2) is 3.88. The summed E-state index contributed by atoms with van der Waals surface area (Å²) in [5.74, 6) is -0.0260. The highest BCUT2D eigenvalue weighted by molar-refractivity contribution is 6.67. The van der Waals surface area contributed by atoms with Crippen LogP contribution >= 0.6 is 11.6 Å². The number of aromatic nitrogens is 1. The average Bonchev–Trinajstić information content (AvgIpc) is 2.08. The van der Waals surface area contributed by atoms with E-state index in [1.165, 1.54) is 6.92 Å². The molecule has 0 spiro atoms. The number of nitrogens with zero attached hydrogens (tertiary/aromatic N) is 1. The Balaban J connectivity index is 3.45. The molecule has 0 aliphatic rings. The van der Waals surface area contributed by atoms with Crippen LogP contribution in [-0.4, -0.2) is 10.2 Å². The van der Waals surface area contributed by atoms with Gasteiger partial charge in [-0.15, -0.1) is 0 Å². The van der Waals surface area contributed by atoms with Gasteiger partial charge < -0.3 is 5.73 Å². The van der Waals surface area contributed by atoms with Crippen molar-refractivity contribution in [2.24, 2.45) is 0 Å². The molecule has 1 aromatic rings. The molecule has 0 aliphatic carbocycles. The van der Waals surface area contributed by atoms with E-state index in [0.717, 1.165) is 6.20 Å². The van der Waals surface area contributed by atoms with E-state index >= 15 is 0 Å². The van der Waals surface area contributed by atoms with Crippen LogP contribution in [0.3, 0.4) is 0 Å². The van der Waals surface area contributed by atoms with Gasteiger partial charge in [0.05, 0.1) is 5.56 Å². The summed E-state index contributed by atoms with van der Waals surface area (Å²) in [7, 11) is 0. The van der Waals surface area contributed by atoms with Gasteiger partial charge in [0.15, 0.2) is 0 Å². The zero-order chi connectivity index (χ0) is 10.9. The molecule has 1 aromatic heterocycles. The van der Waals surface area contributed by atoms with Crippen molar-refractivity contribution in [1.82, 2.24) is 4.98 Å². The monoisotopic (exact) mass is 220 g/mol. The molecule has 0 radical (unpaired) electrons. The Morgan fingerprint density at radius 3 is 2.64 bits per heavy atom. The summed E-state index contributed by atoms with van der Waals surface area (Å²) in [6, 6.07) is 0. The molecular formula is C8H7ClF2N2O. The number of halogens is 3. The lowest BCUT2D eigenvalue weighted by Crippen LogP contribution is -2.06. The fraction of sp³-hybridized carbons (Fsp3) is 0.250. The Bertz CT molecular complexity index is 382. The minimum absolute atomic E-state index is 0.0260. The molecule has 14 heavy (non-hydrogen) atoms. The third kappa shape index (κ3) is 1.82. The Kier molecular flexibility index (Phi) is 3.00. The zero-order valence-corrected chi connectivity index (χ0v) is 7.98. The summed E-state index contributed by atoms with van der Waals surface area (Å²) in [6.45, 7) is 1.37. The molecular weight excluding hydrogens is 214 g/mol. The number of alkyl halides is 2. The van der Waals surface area contributed by atoms with E-state index in [4.69, 9.17) is 17.3 Å². The second-order valence-electron chi connectivity index (χ2n) is 2.67. The number of pyridine rings is 1. The van der Waals surface area contributed by atoms with Crippen LogP contribution in [0.15, 0.2) is 6.20 Å². The number of hydrogen-bond acceptors (Lipinski definition) is 3. The lowest BCUT2D eigenvalue weighted by Gasteiger charge is -2.09. The van der Waals surface area contributed by atoms with Gasteiger partial charge >= 0.3 is 0 Å². The molecule has 76 valence electrons. The maximum absolute atomic E-state index is 12.5. The highest BCUT2D eigenvalue weighted by Gasteiger charge is 2.21. The standard InChI is InChI=1S/C8H7ClF2N2O/c1-3-5(7(10)11)4(6(9)14)2-13-8(3)12/h2,7H,1H3,(H2,12,13). The normalized spacial score (nSPS) is 10.6. The Morgan fingerprint density at radius 1 is 1.64 bits per heavy atom. The second-order valence-corrected chi connectivity index (χ2v) is 3.01. The van der Waals surface area contributed by atoms with Crippen molar-refractivity contribution in [3.63, 3.8) is 0 Å². The Hall–Kier alpha value is -1.23. The predicted molar refractivity (Wildman–Crippen MR) is 48.5 cm³/mol. The van der Waals surface area contributed by atoms with Crippen molar-refractivity contribution >= 4 is 22.7 Å². The number of rotatable bonds is 2. The van der Waals surface area contributed by atoms with Crippen LogP contribution in [0.1, 0.15) is 27.9 Å². The third-order valence-electron chi connectivity index (χ3n) is 1.84. The molecule has 0 aromatic carbocycles. The largest absolute Gasteiger partial charge is 0.383 e. The number of nitrogens with two attached hydrogens (primary N) is 1. The van der Waals surface area contributed by atoms with Gasteiger partial charge in [0.1, 0.15) is 5.82 Å². The molecule has 0 unspecified atom stereocenters. The van der Waals surface area contributed by atoms with Gasteiger partial charge in [-0.2, -0.15) is 0 Å².